The van der Waals surface area contributed by atoms with Gasteiger partial charge in [-0.3, -0.25) is 9.36 Å². The van der Waals surface area contributed by atoms with Crippen molar-refractivity contribution in [3.63, 3.8) is 0 Å². The molecule has 0 saturated carbocycles. The number of esters is 1. The smallest absolute Gasteiger partial charge is 0.338 e. The van der Waals surface area contributed by atoms with Gasteiger partial charge in [0.1, 0.15) is 0 Å². The van der Waals surface area contributed by atoms with Crippen LogP contribution in [-0.4, -0.2) is 17.6 Å². The molecule has 1 aliphatic rings. The van der Waals surface area contributed by atoms with E-state index in [9.17, 15) is 9.59 Å². The molecule has 0 bridgehead atoms. The van der Waals surface area contributed by atoms with Gasteiger partial charge >= 0.3 is 5.97 Å². The molecule has 0 radical (unpaired) electrons. The minimum absolute atomic E-state index is 0.167. The number of allylic oxidation sites excluding steroid dienone is 1. The van der Waals surface area contributed by atoms with Gasteiger partial charge in [-0.1, -0.05) is 48.6 Å². The van der Waals surface area contributed by atoms with Crippen molar-refractivity contribution in [1.82, 2.24) is 4.57 Å². The lowest BCUT2D eigenvalue weighted by Gasteiger charge is -2.25. The monoisotopic (exact) mass is 488 g/mol. The molecule has 3 heterocycles. The summed E-state index contributed by atoms with van der Waals surface area (Å²) in [6.07, 6.45) is 2.43. The molecule has 3 aromatic rings. The number of halogens is 1. The average Bonchev–Trinajstić information content (AvgIpc) is 3.29. The molecule has 0 saturated heterocycles. The highest BCUT2D eigenvalue weighted by Crippen LogP contribution is 2.31. The standard InChI is InChI=1S/C21H17BrN2O3S2/c1-3-14-17(20(26)27-2)18(12-7-5-4-6-8-12)24-19(25)16(29-21(24)23-14)11-15-13(22)9-10-28-15/h4-11,18H,3H2,1-2H3/b16-11-/t18-/m0/s1. The maximum Gasteiger partial charge on any atom is 0.338 e. The van der Waals surface area contributed by atoms with E-state index in [1.807, 2.05) is 54.8 Å². The summed E-state index contributed by atoms with van der Waals surface area (Å²) in [4.78, 5) is 32.3. The van der Waals surface area contributed by atoms with Crippen LogP contribution in [-0.2, 0) is 9.53 Å². The second kappa shape index (κ2) is 8.22. The molecule has 148 valence electrons. The van der Waals surface area contributed by atoms with Crippen LogP contribution in [0.4, 0.5) is 0 Å². The third-order valence-electron chi connectivity index (χ3n) is 4.67. The Morgan fingerprint density at radius 3 is 2.69 bits per heavy atom. The zero-order valence-corrected chi connectivity index (χ0v) is 18.9. The van der Waals surface area contributed by atoms with Gasteiger partial charge in [0.2, 0.25) is 0 Å². The van der Waals surface area contributed by atoms with Gasteiger partial charge in [0, 0.05) is 9.35 Å². The van der Waals surface area contributed by atoms with Crippen LogP contribution in [0.1, 0.15) is 29.8 Å². The Kier molecular flexibility index (Phi) is 5.67. The van der Waals surface area contributed by atoms with Crippen LogP contribution in [0.3, 0.4) is 0 Å². The molecule has 8 heteroatoms. The fourth-order valence-corrected chi connectivity index (χ4v) is 5.84. The summed E-state index contributed by atoms with van der Waals surface area (Å²) in [5.74, 6) is -0.463. The molecule has 5 nitrogen and oxygen atoms in total. The molecule has 4 rings (SSSR count). The topological polar surface area (TPSA) is 60.7 Å². The Morgan fingerprint density at radius 1 is 1.31 bits per heavy atom. The van der Waals surface area contributed by atoms with Gasteiger partial charge in [-0.25, -0.2) is 9.79 Å². The number of thiazole rings is 1. The zero-order chi connectivity index (χ0) is 20.5. The number of fused-ring (bicyclic) bond motifs is 1. The van der Waals surface area contributed by atoms with E-state index in [2.05, 4.69) is 20.9 Å². The molecule has 1 aromatic carbocycles. The van der Waals surface area contributed by atoms with Gasteiger partial charge in [-0.15, -0.1) is 11.3 Å². The van der Waals surface area contributed by atoms with E-state index in [0.717, 1.165) is 14.9 Å². The minimum Gasteiger partial charge on any atom is -0.466 e. The fraction of sp³-hybridized carbons (Fsp3) is 0.190. The highest BCUT2D eigenvalue weighted by atomic mass is 79.9. The number of aromatic nitrogens is 1. The van der Waals surface area contributed by atoms with Crippen LogP contribution in [0.15, 0.2) is 67.3 Å². The Morgan fingerprint density at radius 2 is 2.07 bits per heavy atom. The molecule has 0 amide bonds. The normalized spacial score (nSPS) is 16.5. The molecular weight excluding hydrogens is 472 g/mol. The van der Waals surface area contributed by atoms with Gasteiger partial charge in [0.25, 0.3) is 5.56 Å². The number of nitrogens with zero attached hydrogens (tertiary/aromatic N) is 2. The summed E-state index contributed by atoms with van der Waals surface area (Å²) in [7, 11) is 1.35. The Balaban J connectivity index is 2.03. The molecule has 0 fully saturated rings. The lowest BCUT2D eigenvalue weighted by molar-refractivity contribution is -0.136. The number of carbonyl (C=O) groups is 1. The first-order valence-electron chi connectivity index (χ1n) is 8.96. The van der Waals surface area contributed by atoms with E-state index in [0.29, 0.717) is 27.0 Å². The summed E-state index contributed by atoms with van der Waals surface area (Å²) in [5, 5.41) is 1.96. The van der Waals surface area contributed by atoms with E-state index in [1.54, 1.807) is 15.9 Å². The Bertz CT molecular complexity index is 1290. The first kappa shape index (κ1) is 20.0. The Labute approximate surface area is 183 Å². The van der Waals surface area contributed by atoms with Crippen molar-refractivity contribution in [1.29, 1.82) is 0 Å². The third kappa shape index (κ3) is 3.56. The van der Waals surface area contributed by atoms with E-state index in [1.165, 1.54) is 18.4 Å². The van der Waals surface area contributed by atoms with Crippen LogP contribution in [0.2, 0.25) is 0 Å². The van der Waals surface area contributed by atoms with Crippen molar-refractivity contribution in [3.05, 3.63) is 87.6 Å². The quantitative estimate of drug-likeness (QED) is 0.526. The number of hydrogen-bond acceptors (Lipinski definition) is 6. The first-order valence-corrected chi connectivity index (χ1v) is 11.4. The van der Waals surface area contributed by atoms with Gasteiger partial charge in [-0.2, -0.15) is 0 Å². The zero-order valence-electron chi connectivity index (χ0n) is 15.7. The predicted molar refractivity (Wildman–Crippen MR) is 119 cm³/mol. The van der Waals surface area contributed by atoms with Crippen molar-refractivity contribution < 1.29 is 9.53 Å². The third-order valence-corrected chi connectivity index (χ3v) is 7.47. The first-order chi connectivity index (χ1) is 14.0. The van der Waals surface area contributed by atoms with E-state index in [-0.39, 0.29) is 5.56 Å². The van der Waals surface area contributed by atoms with Crippen molar-refractivity contribution in [2.75, 3.05) is 7.11 Å². The summed E-state index contributed by atoms with van der Waals surface area (Å²) in [6.45, 7) is 1.95. The SMILES string of the molecule is CCC1=C(C(=O)OC)[C@H](c2ccccc2)n2c(s/c(=C\c3sccc3Br)c2=O)=N1. The molecular formula is C21H17BrN2O3S2. The summed E-state index contributed by atoms with van der Waals surface area (Å²) in [5.41, 5.74) is 1.74. The van der Waals surface area contributed by atoms with Crippen LogP contribution >= 0.6 is 38.6 Å². The van der Waals surface area contributed by atoms with Crippen molar-refractivity contribution in [2.45, 2.75) is 19.4 Å². The van der Waals surface area contributed by atoms with Gasteiger partial charge in [0.15, 0.2) is 4.80 Å². The number of rotatable bonds is 4. The number of ether oxygens (including phenoxy) is 1. The van der Waals surface area contributed by atoms with Gasteiger partial charge < -0.3 is 4.74 Å². The summed E-state index contributed by atoms with van der Waals surface area (Å²) < 4.78 is 8.19. The number of benzene rings is 1. The van der Waals surface area contributed by atoms with Crippen LogP contribution in [0.5, 0.6) is 0 Å². The second-order valence-electron chi connectivity index (χ2n) is 6.33. The lowest BCUT2D eigenvalue weighted by Crippen LogP contribution is -2.40. The van der Waals surface area contributed by atoms with E-state index in [4.69, 9.17) is 4.74 Å². The number of thiophene rings is 1. The molecule has 2 aromatic heterocycles. The maximum atomic E-state index is 13.4. The van der Waals surface area contributed by atoms with Crippen molar-refractivity contribution in [3.8, 4) is 0 Å². The molecule has 0 unspecified atom stereocenters. The molecule has 1 aliphatic heterocycles. The predicted octanol–water partition coefficient (Wildman–Crippen LogP) is 3.62. The Hall–Kier alpha value is -2.29. The number of methoxy groups -OCH3 is 1. The lowest BCUT2D eigenvalue weighted by atomic mass is 9.95. The number of carbonyl (C=O) groups excluding carboxylic acids is 1. The highest BCUT2D eigenvalue weighted by Gasteiger charge is 2.33. The largest absolute Gasteiger partial charge is 0.466 e. The van der Waals surface area contributed by atoms with Crippen molar-refractivity contribution in [2.24, 2.45) is 4.99 Å². The van der Waals surface area contributed by atoms with Gasteiger partial charge in [-0.05, 0) is 45.4 Å². The van der Waals surface area contributed by atoms with Crippen LogP contribution < -0.4 is 14.9 Å². The van der Waals surface area contributed by atoms with Crippen molar-refractivity contribution >= 4 is 50.6 Å². The van der Waals surface area contributed by atoms with Crippen LogP contribution in [0.25, 0.3) is 6.08 Å². The van der Waals surface area contributed by atoms with E-state index < -0.39 is 12.0 Å². The highest BCUT2D eigenvalue weighted by molar-refractivity contribution is 9.10. The molecule has 1 atom stereocenters. The van der Waals surface area contributed by atoms with Crippen LogP contribution in [0, 0.1) is 0 Å². The fourth-order valence-electron chi connectivity index (χ4n) is 3.34. The minimum atomic E-state index is -0.566. The molecule has 29 heavy (non-hydrogen) atoms. The average molecular weight is 489 g/mol. The molecule has 0 aliphatic carbocycles. The summed E-state index contributed by atoms with van der Waals surface area (Å²) in [6, 6.07) is 10.9. The maximum absolute atomic E-state index is 13.4. The van der Waals surface area contributed by atoms with Gasteiger partial charge in [0.05, 0.1) is 29.0 Å². The second-order valence-corrected chi connectivity index (χ2v) is 9.14. The van der Waals surface area contributed by atoms with E-state index >= 15 is 0 Å². The number of hydrogen-bond donors (Lipinski definition) is 0. The molecule has 0 N–H and O–H groups in total. The molecule has 0 spiro atoms. The summed E-state index contributed by atoms with van der Waals surface area (Å²) >= 11 is 6.40.